The average molecular weight is 346 g/mol. The van der Waals surface area contributed by atoms with Gasteiger partial charge in [-0.3, -0.25) is 20.4 Å². The van der Waals surface area contributed by atoms with Gasteiger partial charge in [-0.05, 0) is 50.2 Å². The second kappa shape index (κ2) is 9.36. The van der Waals surface area contributed by atoms with Gasteiger partial charge in [-0.1, -0.05) is 0 Å². The Labute approximate surface area is 146 Å². The molecular weight excluding hydrogens is 324 g/mol. The van der Waals surface area contributed by atoms with Crippen molar-refractivity contribution in [1.82, 2.24) is 10.9 Å². The maximum absolute atomic E-state index is 12.0. The summed E-state index contributed by atoms with van der Waals surface area (Å²) in [6, 6.07) is 10.5. The van der Waals surface area contributed by atoms with Crippen LogP contribution >= 0.6 is 0 Å². The van der Waals surface area contributed by atoms with E-state index in [4.69, 9.17) is 13.9 Å². The van der Waals surface area contributed by atoms with Gasteiger partial charge in [0, 0.05) is 12.8 Å². The lowest BCUT2D eigenvalue weighted by molar-refractivity contribution is -0.132. The molecule has 2 amide bonds. The molecule has 0 bridgehead atoms. The zero-order chi connectivity index (χ0) is 18.1. The van der Waals surface area contributed by atoms with Crippen LogP contribution in [0.25, 0.3) is 0 Å². The van der Waals surface area contributed by atoms with E-state index in [0.29, 0.717) is 24.5 Å². The molecule has 0 fully saturated rings. The molecule has 7 nitrogen and oxygen atoms in total. The summed E-state index contributed by atoms with van der Waals surface area (Å²) in [4.78, 5) is 23.7. The summed E-state index contributed by atoms with van der Waals surface area (Å²) in [5, 5.41) is 0. The number of hydrazine groups is 1. The van der Waals surface area contributed by atoms with Crippen molar-refractivity contribution >= 4 is 11.8 Å². The van der Waals surface area contributed by atoms with Crippen LogP contribution in [0.2, 0.25) is 0 Å². The molecule has 0 unspecified atom stereocenters. The third-order valence-corrected chi connectivity index (χ3v) is 3.32. The zero-order valence-electron chi connectivity index (χ0n) is 14.3. The zero-order valence-corrected chi connectivity index (χ0v) is 14.3. The smallest absolute Gasteiger partial charge is 0.279 e. The molecule has 0 aliphatic heterocycles. The minimum atomic E-state index is -0.761. The summed E-state index contributed by atoms with van der Waals surface area (Å²) in [6.07, 6.45) is 1.47. The van der Waals surface area contributed by atoms with E-state index < -0.39 is 12.0 Å². The SMILES string of the molecule is CCOc1ccc(O[C@H](C)C(=O)NNC(=O)CCc2ccco2)cc1. The third-order valence-electron chi connectivity index (χ3n) is 3.32. The van der Waals surface area contributed by atoms with Gasteiger partial charge in [0.1, 0.15) is 17.3 Å². The van der Waals surface area contributed by atoms with Crippen LogP contribution in [0.1, 0.15) is 26.0 Å². The number of benzene rings is 1. The largest absolute Gasteiger partial charge is 0.494 e. The summed E-state index contributed by atoms with van der Waals surface area (Å²) >= 11 is 0. The quantitative estimate of drug-likeness (QED) is 0.716. The molecule has 25 heavy (non-hydrogen) atoms. The second-order valence-corrected chi connectivity index (χ2v) is 5.28. The fraction of sp³-hybridized carbons (Fsp3) is 0.333. The monoisotopic (exact) mass is 346 g/mol. The second-order valence-electron chi connectivity index (χ2n) is 5.28. The Balaban J connectivity index is 1.71. The average Bonchev–Trinajstić information content (AvgIpc) is 3.13. The molecule has 1 atom stereocenters. The Hall–Kier alpha value is -2.96. The van der Waals surface area contributed by atoms with Crippen LogP contribution in [-0.2, 0) is 16.0 Å². The predicted molar refractivity (Wildman–Crippen MR) is 91.0 cm³/mol. The molecule has 0 saturated carbocycles. The van der Waals surface area contributed by atoms with Crippen molar-refractivity contribution in [3.63, 3.8) is 0 Å². The first-order valence-corrected chi connectivity index (χ1v) is 8.09. The lowest BCUT2D eigenvalue weighted by atomic mass is 10.2. The van der Waals surface area contributed by atoms with Crippen LogP contribution in [0.4, 0.5) is 0 Å². The molecule has 134 valence electrons. The minimum absolute atomic E-state index is 0.210. The van der Waals surface area contributed by atoms with E-state index >= 15 is 0 Å². The van der Waals surface area contributed by atoms with Crippen molar-refractivity contribution in [2.75, 3.05) is 6.61 Å². The maximum atomic E-state index is 12.0. The van der Waals surface area contributed by atoms with Crippen molar-refractivity contribution in [1.29, 1.82) is 0 Å². The molecule has 7 heteroatoms. The first-order valence-electron chi connectivity index (χ1n) is 8.09. The fourth-order valence-corrected chi connectivity index (χ4v) is 2.03. The normalized spacial score (nSPS) is 11.4. The van der Waals surface area contributed by atoms with Gasteiger partial charge < -0.3 is 13.9 Å². The number of aryl methyl sites for hydroxylation is 1. The Bertz CT molecular complexity index is 667. The first kappa shape index (κ1) is 18.4. The highest BCUT2D eigenvalue weighted by molar-refractivity contribution is 5.84. The molecular formula is C18H22N2O5. The molecule has 2 aromatic rings. The summed E-state index contributed by atoms with van der Waals surface area (Å²) in [5.41, 5.74) is 4.70. The summed E-state index contributed by atoms with van der Waals surface area (Å²) in [6.45, 7) is 4.08. The van der Waals surface area contributed by atoms with Crippen LogP contribution < -0.4 is 20.3 Å². The Morgan fingerprint density at radius 1 is 1.12 bits per heavy atom. The van der Waals surface area contributed by atoms with Crippen LogP contribution in [-0.4, -0.2) is 24.5 Å². The molecule has 1 aromatic heterocycles. The van der Waals surface area contributed by atoms with Crippen molar-refractivity contribution in [2.24, 2.45) is 0 Å². The number of hydrogen-bond acceptors (Lipinski definition) is 5. The van der Waals surface area contributed by atoms with Crippen LogP contribution in [0.15, 0.2) is 47.1 Å². The van der Waals surface area contributed by atoms with E-state index in [9.17, 15) is 9.59 Å². The van der Waals surface area contributed by atoms with Crippen molar-refractivity contribution in [3.8, 4) is 11.5 Å². The molecule has 1 aromatic carbocycles. The topological polar surface area (TPSA) is 89.8 Å². The van der Waals surface area contributed by atoms with E-state index in [1.807, 2.05) is 6.92 Å². The fourth-order valence-electron chi connectivity index (χ4n) is 2.03. The van der Waals surface area contributed by atoms with Gasteiger partial charge in [0.25, 0.3) is 5.91 Å². The molecule has 0 aliphatic rings. The standard InChI is InChI=1S/C18H22N2O5/c1-3-23-15-6-8-16(9-7-15)25-13(2)18(22)20-19-17(21)11-10-14-5-4-12-24-14/h4-9,12-13H,3,10-11H2,1-2H3,(H,19,21)(H,20,22)/t13-/m1/s1. The highest BCUT2D eigenvalue weighted by atomic mass is 16.5. The van der Waals surface area contributed by atoms with Crippen LogP contribution in [0, 0.1) is 0 Å². The highest BCUT2D eigenvalue weighted by Gasteiger charge is 2.15. The Kier molecular flexibility index (Phi) is 6.88. The van der Waals surface area contributed by atoms with Crippen LogP contribution in [0.5, 0.6) is 11.5 Å². The molecule has 0 saturated heterocycles. The van der Waals surface area contributed by atoms with Gasteiger partial charge in [0.15, 0.2) is 6.10 Å². The Morgan fingerprint density at radius 2 is 1.84 bits per heavy atom. The number of nitrogens with one attached hydrogen (secondary N) is 2. The number of furan rings is 1. The van der Waals surface area contributed by atoms with Gasteiger partial charge in [-0.25, -0.2) is 0 Å². The predicted octanol–water partition coefficient (Wildman–Crippen LogP) is 2.23. The number of carbonyl (C=O) groups is 2. The first-order chi connectivity index (χ1) is 12.1. The maximum Gasteiger partial charge on any atom is 0.279 e. The summed E-state index contributed by atoms with van der Waals surface area (Å²) in [5.74, 6) is 1.23. The highest BCUT2D eigenvalue weighted by Crippen LogP contribution is 2.18. The van der Waals surface area contributed by atoms with E-state index in [-0.39, 0.29) is 12.3 Å². The number of amides is 2. The number of rotatable bonds is 8. The van der Waals surface area contributed by atoms with Gasteiger partial charge in [-0.2, -0.15) is 0 Å². The van der Waals surface area contributed by atoms with Gasteiger partial charge in [0.2, 0.25) is 5.91 Å². The minimum Gasteiger partial charge on any atom is -0.494 e. The number of carbonyl (C=O) groups excluding carboxylic acids is 2. The lowest BCUT2D eigenvalue weighted by Crippen LogP contribution is -2.47. The molecule has 0 spiro atoms. The van der Waals surface area contributed by atoms with Crippen molar-refractivity contribution in [3.05, 3.63) is 48.4 Å². The number of hydrogen-bond donors (Lipinski definition) is 2. The molecule has 2 N–H and O–H groups in total. The third kappa shape index (κ3) is 6.21. The van der Waals surface area contributed by atoms with Crippen LogP contribution in [0.3, 0.4) is 0 Å². The summed E-state index contributed by atoms with van der Waals surface area (Å²) < 4.78 is 16.0. The molecule has 1 heterocycles. The van der Waals surface area contributed by atoms with Gasteiger partial charge in [0.05, 0.1) is 12.9 Å². The van der Waals surface area contributed by atoms with E-state index in [2.05, 4.69) is 10.9 Å². The van der Waals surface area contributed by atoms with E-state index in [1.165, 1.54) is 0 Å². The Morgan fingerprint density at radius 3 is 2.48 bits per heavy atom. The number of ether oxygens (including phenoxy) is 2. The summed E-state index contributed by atoms with van der Waals surface area (Å²) in [7, 11) is 0. The lowest BCUT2D eigenvalue weighted by Gasteiger charge is -2.15. The molecule has 0 radical (unpaired) electrons. The molecule has 0 aliphatic carbocycles. The van der Waals surface area contributed by atoms with Gasteiger partial charge >= 0.3 is 0 Å². The van der Waals surface area contributed by atoms with E-state index in [1.54, 1.807) is 49.6 Å². The van der Waals surface area contributed by atoms with Gasteiger partial charge in [-0.15, -0.1) is 0 Å². The van der Waals surface area contributed by atoms with Crippen molar-refractivity contribution < 1.29 is 23.5 Å². The van der Waals surface area contributed by atoms with Crippen molar-refractivity contribution in [2.45, 2.75) is 32.8 Å². The molecule has 2 rings (SSSR count). The van der Waals surface area contributed by atoms with E-state index in [0.717, 1.165) is 5.75 Å².